The molecule has 0 spiro atoms. The first kappa shape index (κ1) is 19.9. The molecule has 8 nitrogen and oxygen atoms in total. The Kier molecular flexibility index (Phi) is 4.48. The van der Waals surface area contributed by atoms with Crippen LogP contribution in [0.25, 0.3) is 21.9 Å². The van der Waals surface area contributed by atoms with Crippen molar-refractivity contribution in [3.8, 4) is 0 Å². The fourth-order valence-electron chi connectivity index (χ4n) is 4.62. The number of benzene rings is 1. The van der Waals surface area contributed by atoms with Gasteiger partial charge in [-0.25, -0.2) is 14.2 Å². The molecule has 4 aromatic rings. The van der Waals surface area contributed by atoms with E-state index in [1.54, 1.807) is 23.0 Å². The van der Waals surface area contributed by atoms with Gasteiger partial charge in [0.05, 0.1) is 28.9 Å². The van der Waals surface area contributed by atoms with Crippen LogP contribution < -0.4 is 15.6 Å². The van der Waals surface area contributed by atoms with Crippen molar-refractivity contribution >= 4 is 33.6 Å². The first-order valence-electron chi connectivity index (χ1n) is 10.9. The van der Waals surface area contributed by atoms with Crippen LogP contribution in [0.1, 0.15) is 41.0 Å². The van der Waals surface area contributed by atoms with Crippen molar-refractivity contribution < 1.29 is 18.7 Å². The van der Waals surface area contributed by atoms with Crippen LogP contribution in [-0.4, -0.2) is 40.3 Å². The number of anilines is 1. The second-order valence-corrected chi connectivity index (χ2v) is 8.64. The van der Waals surface area contributed by atoms with Gasteiger partial charge in [-0.3, -0.25) is 4.79 Å². The zero-order valence-corrected chi connectivity index (χ0v) is 17.6. The van der Waals surface area contributed by atoms with Gasteiger partial charge in [0.2, 0.25) is 5.43 Å². The highest BCUT2D eigenvalue weighted by Gasteiger charge is 2.28. The molecular formula is C24H21FN4O4. The second kappa shape index (κ2) is 7.41. The van der Waals surface area contributed by atoms with Gasteiger partial charge in [0.15, 0.2) is 0 Å². The van der Waals surface area contributed by atoms with E-state index in [0.717, 1.165) is 18.6 Å². The van der Waals surface area contributed by atoms with E-state index in [2.05, 4.69) is 5.32 Å². The topological polar surface area (TPSA) is 101 Å². The van der Waals surface area contributed by atoms with Crippen molar-refractivity contribution in [2.45, 2.75) is 24.9 Å². The maximum absolute atomic E-state index is 15.2. The fraction of sp³-hybridized carbons (Fsp3) is 0.292. The number of furan rings is 1. The molecule has 0 radical (unpaired) electrons. The van der Waals surface area contributed by atoms with Crippen LogP contribution in [0.3, 0.4) is 0 Å². The largest absolute Gasteiger partial charge is 0.477 e. The van der Waals surface area contributed by atoms with Crippen LogP contribution in [0.4, 0.5) is 10.1 Å². The van der Waals surface area contributed by atoms with E-state index in [1.165, 1.54) is 12.3 Å². The smallest absolute Gasteiger partial charge is 0.341 e. The van der Waals surface area contributed by atoms with E-state index < -0.39 is 17.2 Å². The molecule has 6 rings (SSSR count). The Morgan fingerprint density at radius 2 is 2.12 bits per heavy atom. The molecular weight excluding hydrogens is 427 g/mol. The standard InChI is InChI=1S/C24H21FN4O4/c25-17-9-13-8-15-22(30)16(24(31)32)11-29(14-3-4-14)23(15)27-18(13)10-20(17)28-6-5-26-19(12-28)21-2-1-7-33-21/h1-2,7-11,14,19,26H,3-6,12H2,(H,31,32). The third-order valence-electron chi connectivity index (χ3n) is 6.44. The molecule has 2 aliphatic rings. The number of halogens is 1. The van der Waals surface area contributed by atoms with E-state index >= 15 is 4.39 Å². The first-order chi connectivity index (χ1) is 16.0. The Hall–Kier alpha value is -3.72. The first-order valence-corrected chi connectivity index (χ1v) is 10.9. The highest BCUT2D eigenvalue weighted by molar-refractivity contribution is 5.97. The zero-order valence-electron chi connectivity index (χ0n) is 17.6. The third kappa shape index (κ3) is 3.36. The highest BCUT2D eigenvalue weighted by Crippen LogP contribution is 2.37. The van der Waals surface area contributed by atoms with Gasteiger partial charge < -0.3 is 24.3 Å². The summed E-state index contributed by atoms with van der Waals surface area (Å²) in [6.07, 6.45) is 4.82. The third-order valence-corrected chi connectivity index (χ3v) is 6.44. The summed E-state index contributed by atoms with van der Waals surface area (Å²) >= 11 is 0. The van der Waals surface area contributed by atoms with E-state index in [9.17, 15) is 14.7 Å². The van der Waals surface area contributed by atoms with Crippen molar-refractivity contribution in [3.63, 3.8) is 0 Å². The molecule has 0 bridgehead atoms. The van der Waals surface area contributed by atoms with Crippen LogP contribution in [-0.2, 0) is 0 Å². The summed E-state index contributed by atoms with van der Waals surface area (Å²) in [6.45, 7) is 1.84. The summed E-state index contributed by atoms with van der Waals surface area (Å²) in [6, 6.07) is 8.43. The molecule has 1 saturated heterocycles. The number of rotatable bonds is 4. The average molecular weight is 448 g/mol. The minimum atomic E-state index is -1.28. The summed E-state index contributed by atoms with van der Waals surface area (Å²) in [5.41, 5.74) is 0.541. The lowest BCUT2D eigenvalue weighted by Gasteiger charge is -2.34. The summed E-state index contributed by atoms with van der Waals surface area (Å²) in [7, 11) is 0. The molecule has 168 valence electrons. The van der Waals surface area contributed by atoms with Gasteiger partial charge >= 0.3 is 5.97 Å². The normalized spacial score (nSPS) is 18.8. The lowest BCUT2D eigenvalue weighted by molar-refractivity contribution is 0.0695. The highest BCUT2D eigenvalue weighted by atomic mass is 19.1. The lowest BCUT2D eigenvalue weighted by Crippen LogP contribution is -2.46. The minimum absolute atomic E-state index is 0.0529. The van der Waals surface area contributed by atoms with E-state index in [-0.39, 0.29) is 23.0 Å². The molecule has 1 unspecified atom stereocenters. The Balaban J connectivity index is 1.48. The van der Waals surface area contributed by atoms with Crippen molar-refractivity contribution in [2.75, 3.05) is 24.5 Å². The molecule has 0 amide bonds. The molecule has 3 aromatic heterocycles. The molecule has 1 atom stereocenters. The maximum atomic E-state index is 15.2. The SMILES string of the molecule is O=C(O)c1cn(C2CC2)c2nc3cc(N4CCNC(c5ccco5)C4)c(F)cc3cc2c1=O. The number of aromatic carboxylic acids is 1. The average Bonchev–Trinajstić information content (AvgIpc) is 3.50. The molecule has 33 heavy (non-hydrogen) atoms. The fourth-order valence-corrected chi connectivity index (χ4v) is 4.62. The van der Waals surface area contributed by atoms with Crippen LogP contribution in [0.5, 0.6) is 0 Å². The minimum Gasteiger partial charge on any atom is -0.477 e. The Bertz CT molecular complexity index is 1460. The van der Waals surface area contributed by atoms with Gasteiger partial charge in [-0.2, -0.15) is 0 Å². The molecule has 4 heterocycles. The number of nitrogens with zero attached hydrogens (tertiary/aromatic N) is 3. The number of carboxylic acid groups (broad SMARTS) is 1. The quantitative estimate of drug-likeness (QED) is 0.461. The number of carbonyl (C=O) groups is 1. The molecule has 1 aliphatic heterocycles. The van der Waals surface area contributed by atoms with Crippen LogP contribution >= 0.6 is 0 Å². The van der Waals surface area contributed by atoms with E-state index in [0.29, 0.717) is 41.9 Å². The molecule has 9 heteroatoms. The monoisotopic (exact) mass is 448 g/mol. The van der Waals surface area contributed by atoms with Crippen molar-refractivity contribution in [1.29, 1.82) is 0 Å². The van der Waals surface area contributed by atoms with Crippen LogP contribution in [0, 0.1) is 5.82 Å². The number of hydrogen-bond donors (Lipinski definition) is 2. The van der Waals surface area contributed by atoms with Crippen LogP contribution in [0.15, 0.2) is 52.0 Å². The van der Waals surface area contributed by atoms with E-state index in [4.69, 9.17) is 9.40 Å². The Morgan fingerprint density at radius 3 is 2.85 bits per heavy atom. The number of carboxylic acids is 1. The second-order valence-electron chi connectivity index (χ2n) is 8.64. The summed E-state index contributed by atoms with van der Waals surface area (Å²) < 4.78 is 22.5. The van der Waals surface area contributed by atoms with Crippen molar-refractivity contribution in [2.24, 2.45) is 0 Å². The maximum Gasteiger partial charge on any atom is 0.341 e. The molecule has 2 fully saturated rings. The van der Waals surface area contributed by atoms with Crippen LogP contribution in [0.2, 0.25) is 0 Å². The number of fused-ring (bicyclic) bond motifs is 2. The Labute approximate surface area is 187 Å². The molecule has 1 saturated carbocycles. The lowest BCUT2D eigenvalue weighted by atomic mass is 10.1. The van der Waals surface area contributed by atoms with Gasteiger partial charge in [0.1, 0.15) is 22.8 Å². The Morgan fingerprint density at radius 1 is 1.27 bits per heavy atom. The summed E-state index contributed by atoms with van der Waals surface area (Å²) in [5.74, 6) is -0.893. The predicted molar refractivity (Wildman–Crippen MR) is 120 cm³/mol. The van der Waals surface area contributed by atoms with Crippen molar-refractivity contribution in [3.05, 3.63) is 70.2 Å². The van der Waals surface area contributed by atoms with E-state index in [1.807, 2.05) is 17.0 Å². The zero-order chi connectivity index (χ0) is 22.7. The van der Waals surface area contributed by atoms with Gasteiger partial charge in [-0.15, -0.1) is 0 Å². The number of hydrogen-bond acceptors (Lipinski definition) is 6. The van der Waals surface area contributed by atoms with Gasteiger partial charge in [0, 0.05) is 37.3 Å². The molecule has 1 aromatic carbocycles. The number of nitrogens with one attached hydrogen (secondary N) is 1. The number of pyridine rings is 2. The van der Waals surface area contributed by atoms with Gasteiger partial charge in [-0.05, 0) is 43.2 Å². The summed E-state index contributed by atoms with van der Waals surface area (Å²) in [5, 5.41) is 13.5. The van der Waals surface area contributed by atoms with Crippen molar-refractivity contribution in [1.82, 2.24) is 14.9 Å². The van der Waals surface area contributed by atoms with Gasteiger partial charge in [-0.1, -0.05) is 0 Å². The molecule has 1 aliphatic carbocycles. The van der Waals surface area contributed by atoms with Gasteiger partial charge in [0.25, 0.3) is 0 Å². The number of piperazine rings is 1. The number of aromatic nitrogens is 2. The molecule has 2 N–H and O–H groups in total. The summed E-state index contributed by atoms with van der Waals surface area (Å²) in [4.78, 5) is 31.1. The predicted octanol–water partition coefficient (Wildman–Crippen LogP) is 3.47.